The average Bonchev–Trinajstić information content (AvgIpc) is 3.20. The number of piperazine rings is 1. The zero-order chi connectivity index (χ0) is 34.8. The molecule has 0 saturated carbocycles. The molecule has 2 fully saturated rings. The SMILES string of the molecule is O=C(NCc1ccccc1)NCc1cccc(-c2ccc(C3OC(CN4CCN(c5ncccn5)CC4)CC(c4ccc(CO)cc4)O3)cc2)c1. The molecule has 51 heavy (non-hydrogen) atoms. The maximum absolute atomic E-state index is 12.4. The van der Waals surface area contributed by atoms with Gasteiger partial charge in [0.15, 0.2) is 6.29 Å². The van der Waals surface area contributed by atoms with Crippen molar-refractivity contribution in [3.8, 4) is 11.1 Å². The molecule has 3 atom stereocenters. The predicted molar refractivity (Wildman–Crippen MR) is 197 cm³/mol. The first kappa shape index (κ1) is 34.3. The van der Waals surface area contributed by atoms with Crippen LogP contribution in [0.5, 0.6) is 0 Å². The molecule has 10 nitrogen and oxygen atoms in total. The Morgan fingerprint density at radius 3 is 2.12 bits per heavy atom. The second-order valence-electron chi connectivity index (χ2n) is 13.0. The number of nitrogens with one attached hydrogen (secondary N) is 2. The number of hydrogen-bond acceptors (Lipinski definition) is 8. The smallest absolute Gasteiger partial charge is 0.315 e. The lowest BCUT2D eigenvalue weighted by Crippen LogP contribution is -2.50. The number of amides is 2. The van der Waals surface area contributed by atoms with Gasteiger partial charge in [-0.15, -0.1) is 0 Å². The van der Waals surface area contributed by atoms with E-state index in [1.807, 2.05) is 72.8 Å². The van der Waals surface area contributed by atoms with Gasteiger partial charge in [-0.25, -0.2) is 14.8 Å². The first-order chi connectivity index (χ1) is 25.1. The Kier molecular flexibility index (Phi) is 11.3. The standard InChI is InChI=1S/C41H44N6O4/c48-29-31-10-12-34(13-11-31)38-25-37(28-46-20-22-47(23-21-46)40-42-18-5-19-43-40)50-39(51-38)35-16-14-33(15-17-35)36-9-4-8-32(24-36)27-45-41(49)44-26-30-6-2-1-3-7-30/h1-19,24,37-39,48H,20-23,25-29H2,(H2,44,45,49). The van der Waals surface area contributed by atoms with Crippen LogP contribution in [0.25, 0.3) is 11.1 Å². The topological polar surface area (TPSA) is 112 Å². The van der Waals surface area contributed by atoms with Crippen molar-refractivity contribution in [1.29, 1.82) is 0 Å². The minimum atomic E-state index is -0.524. The lowest BCUT2D eigenvalue weighted by atomic mass is 9.99. The molecular formula is C41H44N6O4. The Morgan fingerprint density at radius 1 is 0.706 bits per heavy atom. The highest BCUT2D eigenvalue weighted by Gasteiger charge is 2.34. The molecular weight excluding hydrogens is 640 g/mol. The van der Waals surface area contributed by atoms with Crippen molar-refractivity contribution in [2.45, 2.75) is 44.6 Å². The van der Waals surface area contributed by atoms with Crippen molar-refractivity contribution in [2.75, 3.05) is 37.6 Å². The van der Waals surface area contributed by atoms with Gasteiger partial charge in [-0.1, -0.05) is 97.1 Å². The zero-order valence-electron chi connectivity index (χ0n) is 28.6. The van der Waals surface area contributed by atoms with Gasteiger partial charge in [0.25, 0.3) is 0 Å². The maximum Gasteiger partial charge on any atom is 0.315 e. The number of anilines is 1. The van der Waals surface area contributed by atoms with E-state index < -0.39 is 6.29 Å². The number of carbonyl (C=O) groups excluding carboxylic acids is 1. The van der Waals surface area contributed by atoms with E-state index in [1.54, 1.807) is 12.4 Å². The van der Waals surface area contributed by atoms with Gasteiger partial charge >= 0.3 is 6.03 Å². The van der Waals surface area contributed by atoms with Crippen LogP contribution in [0.4, 0.5) is 10.7 Å². The van der Waals surface area contributed by atoms with Gasteiger partial charge < -0.3 is 30.1 Å². The van der Waals surface area contributed by atoms with Crippen LogP contribution in [0.15, 0.2) is 122 Å². The summed E-state index contributed by atoms with van der Waals surface area (Å²) in [5.74, 6) is 0.777. The molecule has 2 saturated heterocycles. The van der Waals surface area contributed by atoms with Crippen molar-refractivity contribution < 1.29 is 19.4 Å². The summed E-state index contributed by atoms with van der Waals surface area (Å²) in [6.45, 7) is 5.25. The molecule has 1 aromatic heterocycles. The summed E-state index contributed by atoms with van der Waals surface area (Å²) in [6, 6.07) is 36.1. The normalized spacial score (nSPS) is 19.4. The Balaban J connectivity index is 0.995. The second-order valence-corrected chi connectivity index (χ2v) is 13.0. The van der Waals surface area contributed by atoms with Gasteiger partial charge in [-0.05, 0) is 45.5 Å². The van der Waals surface area contributed by atoms with E-state index in [9.17, 15) is 9.90 Å². The molecule has 7 rings (SSSR count). The van der Waals surface area contributed by atoms with Crippen molar-refractivity contribution >= 4 is 12.0 Å². The van der Waals surface area contributed by atoms with Gasteiger partial charge in [0, 0.05) is 70.2 Å². The highest BCUT2D eigenvalue weighted by Crippen LogP contribution is 2.39. The Morgan fingerprint density at radius 2 is 1.39 bits per heavy atom. The lowest BCUT2D eigenvalue weighted by Gasteiger charge is -2.40. The van der Waals surface area contributed by atoms with Crippen LogP contribution >= 0.6 is 0 Å². The Labute approximate surface area is 299 Å². The van der Waals surface area contributed by atoms with Crippen LogP contribution in [0.2, 0.25) is 0 Å². The number of urea groups is 1. The molecule has 0 aliphatic carbocycles. The van der Waals surface area contributed by atoms with E-state index in [2.05, 4.69) is 66.8 Å². The zero-order valence-corrected chi connectivity index (χ0v) is 28.6. The molecule has 10 heteroatoms. The lowest BCUT2D eigenvalue weighted by molar-refractivity contribution is -0.253. The fraction of sp³-hybridized carbons (Fsp3) is 0.293. The van der Waals surface area contributed by atoms with Crippen molar-refractivity contribution in [2.24, 2.45) is 0 Å². The molecule has 262 valence electrons. The number of nitrogens with zero attached hydrogens (tertiary/aromatic N) is 4. The predicted octanol–water partition coefficient (Wildman–Crippen LogP) is 6.00. The van der Waals surface area contributed by atoms with Gasteiger partial charge in [0.05, 0.1) is 18.8 Å². The van der Waals surface area contributed by atoms with Crippen LogP contribution < -0.4 is 15.5 Å². The van der Waals surface area contributed by atoms with E-state index in [-0.39, 0.29) is 24.8 Å². The molecule has 2 aliphatic heterocycles. The first-order valence-electron chi connectivity index (χ1n) is 17.6. The number of rotatable bonds is 11. The molecule has 5 aromatic rings. The summed E-state index contributed by atoms with van der Waals surface area (Å²) < 4.78 is 13.3. The monoisotopic (exact) mass is 684 g/mol. The number of aromatic nitrogens is 2. The number of benzene rings is 4. The van der Waals surface area contributed by atoms with Crippen molar-refractivity contribution in [1.82, 2.24) is 25.5 Å². The molecule has 0 spiro atoms. The fourth-order valence-electron chi connectivity index (χ4n) is 6.62. The van der Waals surface area contributed by atoms with Gasteiger partial charge in [0.2, 0.25) is 5.95 Å². The summed E-state index contributed by atoms with van der Waals surface area (Å²) >= 11 is 0. The quantitative estimate of drug-likeness (QED) is 0.155. The van der Waals surface area contributed by atoms with E-state index in [0.717, 1.165) is 84.0 Å². The largest absolute Gasteiger partial charge is 0.392 e. The van der Waals surface area contributed by atoms with Crippen LogP contribution in [0.1, 0.15) is 46.6 Å². The van der Waals surface area contributed by atoms with Crippen LogP contribution in [0, 0.1) is 0 Å². The molecule has 0 bridgehead atoms. The van der Waals surface area contributed by atoms with E-state index in [1.165, 1.54) is 0 Å². The first-order valence-corrected chi connectivity index (χ1v) is 17.6. The van der Waals surface area contributed by atoms with Gasteiger partial charge in [-0.3, -0.25) is 4.90 Å². The second kappa shape index (κ2) is 16.7. The summed E-state index contributed by atoms with van der Waals surface area (Å²) in [6.07, 6.45) is 3.62. The number of hydrogen-bond donors (Lipinski definition) is 3. The third-order valence-corrected chi connectivity index (χ3v) is 9.48. The summed E-state index contributed by atoms with van der Waals surface area (Å²) in [7, 11) is 0. The number of aliphatic hydroxyl groups is 1. The third kappa shape index (κ3) is 9.16. The van der Waals surface area contributed by atoms with E-state index in [0.29, 0.717) is 13.1 Å². The Hall–Kier alpha value is -5.13. The minimum Gasteiger partial charge on any atom is -0.392 e. The van der Waals surface area contributed by atoms with Crippen molar-refractivity contribution in [3.05, 3.63) is 149 Å². The van der Waals surface area contributed by atoms with Gasteiger partial charge in [-0.2, -0.15) is 0 Å². The molecule has 3 unspecified atom stereocenters. The number of aliphatic hydroxyl groups excluding tert-OH is 1. The fourth-order valence-corrected chi connectivity index (χ4v) is 6.62. The van der Waals surface area contributed by atoms with Crippen LogP contribution in [-0.4, -0.2) is 64.8 Å². The third-order valence-electron chi connectivity index (χ3n) is 9.48. The Bertz CT molecular complexity index is 1830. The van der Waals surface area contributed by atoms with Gasteiger partial charge in [0.1, 0.15) is 0 Å². The number of ether oxygens (including phenoxy) is 2. The number of carbonyl (C=O) groups is 1. The van der Waals surface area contributed by atoms with Crippen LogP contribution in [-0.2, 0) is 29.2 Å². The highest BCUT2D eigenvalue weighted by molar-refractivity contribution is 5.74. The molecule has 3 N–H and O–H groups in total. The van der Waals surface area contributed by atoms with E-state index in [4.69, 9.17) is 9.47 Å². The maximum atomic E-state index is 12.4. The summed E-state index contributed by atoms with van der Waals surface area (Å²) in [5, 5.41) is 15.5. The molecule has 4 aromatic carbocycles. The van der Waals surface area contributed by atoms with Crippen molar-refractivity contribution in [3.63, 3.8) is 0 Å². The summed E-state index contributed by atoms with van der Waals surface area (Å²) in [4.78, 5) is 25.9. The molecule has 2 aliphatic rings. The molecule has 3 heterocycles. The average molecular weight is 685 g/mol. The van der Waals surface area contributed by atoms with E-state index >= 15 is 0 Å². The molecule has 2 amide bonds. The van der Waals surface area contributed by atoms with Crippen LogP contribution in [0.3, 0.4) is 0 Å². The highest BCUT2D eigenvalue weighted by atomic mass is 16.7. The minimum absolute atomic E-state index is 0.00994. The molecule has 0 radical (unpaired) electrons. The summed E-state index contributed by atoms with van der Waals surface area (Å²) in [5.41, 5.74) is 7.11.